The summed E-state index contributed by atoms with van der Waals surface area (Å²) in [6.45, 7) is 9.37. The topological polar surface area (TPSA) is 57.2 Å². The minimum atomic E-state index is 0.0459. The summed E-state index contributed by atoms with van der Waals surface area (Å²) in [5.74, 6) is 1.03. The Kier molecular flexibility index (Phi) is 4.29. The Bertz CT molecular complexity index is 627. The fourth-order valence-corrected chi connectivity index (χ4v) is 2.87. The summed E-state index contributed by atoms with van der Waals surface area (Å²) < 4.78 is 2.18. The quantitative estimate of drug-likeness (QED) is 0.914. The molecule has 1 amide bonds. The van der Waals surface area contributed by atoms with Crippen LogP contribution in [0.5, 0.6) is 0 Å². The molecule has 3 heterocycles. The van der Waals surface area contributed by atoms with Crippen LogP contribution in [0.4, 0.5) is 0 Å². The second-order valence-electron chi connectivity index (χ2n) is 5.61. The van der Waals surface area contributed by atoms with Gasteiger partial charge in [-0.2, -0.15) is 0 Å². The number of rotatable bonds is 5. The Balaban J connectivity index is 1.70. The van der Waals surface area contributed by atoms with Crippen LogP contribution in [0.15, 0.2) is 24.5 Å². The fraction of sp³-hybridized carbons (Fsp3) is 0.500. The van der Waals surface area contributed by atoms with Crippen LogP contribution in [-0.4, -0.2) is 49.9 Å². The van der Waals surface area contributed by atoms with Crippen LogP contribution in [-0.2, 0) is 19.6 Å². The number of aromatic amines is 1. The average Bonchev–Trinajstić information content (AvgIpc) is 3.20. The standard InChI is InChI=1S/C16H23N5O/c1-3-19(4-2)10-13-11-20-8-9-21(12-15(20)18-13)16(22)14-6-5-7-17-14/h5-7,11,17H,3-4,8-10,12H2,1-2H3. The highest BCUT2D eigenvalue weighted by Gasteiger charge is 2.24. The molecule has 0 fully saturated rings. The summed E-state index contributed by atoms with van der Waals surface area (Å²) >= 11 is 0. The summed E-state index contributed by atoms with van der Waals surface area (Å²) in [5, 5.41) is 0. The van der Waals surface area contributed by atoms with E-state index < -0.39 is 0 Å². The van der Waals surface area contributed by atoms with Gasteiger partial charge in [-0.05, 0) is 25.2 Å². The molecule has 0 atom stereocenters. The van der Waals surface area contributed by atoms with Gasteiger partial charge in [0.1, 0.15) is 11.5 Å². The van der Waals surface area contributed by atoms with Crippen molar-refractivity contribution in [2.24, 2.45) is 0 Å². The molecule has 3 rings (SSSR count). The number of nitrogens with one attached hydrogen (secondary N) is 1. The molecule has 0 bridgehead atoms. The van der Waals surface area contributed by atoms with E-state index >= 15 is 0 Å². The molecule has 6 nitrogen and oxygen atoms in total. The van der Waals surface area contributed by atoms with Crippen LogP contribution in [0.2, 0.25) is 0 Å². The van der Waals surface area contributed by atoms with Crippen LogP contribution in [0.25, 0.3) is 0 Å². The van der Waals surface area contributed by atoms with Gasteiger partial charge in [-0.3, -0.25) is 9.69 Å². The predicted molar refractivity (Wildman–Crippen MR) is 84.4 cm³/mol. The number of fused-ring (bicyclic) bond motifs is 1. The van der Waals surface area contributed by atoms with E-state index in [0.717, 1.165) is 44.2 Å². The third-order valence-electron chi connectivity index (χ3n) is 4.25. The SMILES string of the molecule is CCN(CC)Cc1cn2c(n1)CN(C(=O)c1ccc[nH]1)CC2. The fourth-order valence-electron chi connectivity index (χ4n) is 2.87. The Morgan fingerprint density at radius 2 is 2.18 bits per heavy atom. The van der Waals surface area contributed by atoms with Gasteiger partial charge in [-0.25, -0.2) is 4.98 Å². The average molecular weight is 301 g/mol. The van der Waals surface area contributed by atoms with Gasteiger partial charge in [0, 0.05) is 32.0 Å². The van der Waals surface area contributed by atoms with E-state index in [0.29, 0.717) is 12.2 Å². The molecule has 0 saturated heterocycles. The number of amides is 1. The molecule has 0 radical (unpaired) electrons. The van der Waals surface area contributed by atoms with Crippen molar-refractivity contribution in [1.29, 1.82) is 0 Å². The van der Waals surface area contributed by atoms with Crippen LogP contribution in [0, 0.1) is 0 Å². The maximum Gasteiger partial charge on any atom is 0.270 e. The smallest absolute Gasteiger partial charge is 0.270 e. The molecule has 2 aromatic heterocycles. The summed E-state index contributed by atoms with van der Waals surface area (Å²) in [4.78, 5) is 24.3. The second kappa shape index (κ2) is 6.36. The largest absolute Gasteiger partial charge is 0.357 e. The maximum absolute atomic E-state index is 12.4. The molecular weight excluding hydrogens is 278 g/mol. The molecule has 0 aromatic carbocycles. The van der Waals surface area contributed by atoms with Gasteiger partial charge in [0.15, 0.2) is 0 Å². The number of hydrogen-bond acceptors (Lipinski definition) is 3. The third kappa shape index (κ3) is 2.92. The van der Waals surface area contributed by atoms with Crippen LogP contribution < -0.4 is 0 Å². The van der Waals surface area contributed by atoms with Crippen molar-refractivity contribution in [2.45, 2.75) is 33.5 Å². The van der Waals surface area contributed by atoms with Crippen molar-refractivity contribution < 1.29 is 4.79 Å². The summed E-state index contributed by atoms with van der Waals surface area (Å²) in [5.41, 5.74) is 1.73. The molecule has 22 heavy (non-hydrogen) atoms. The first-order valence-corrected chi connectivity index (χ1v) is 7.91. The van der Waals surface area contributed by atoms with E-state index in [9.17, 15) is 4.79 Å². The lowest BCUT2D eigenvalue weighted by Crippen LogP contribution is -2.38. The zero-order chi connectivity index (χ0) is 15.5. The number of carbonyl (C=O) groups excluding carboxylic acids is 1. The van der Waals surface area contributed by atoms with Crippen molar-refractivity contribution in [2.75, 3.05) is 19.6 Å². The highest BCUT2D eigenvalue weighted by molar-refractivity contribution is 5.92. The number of nitrogens with zero attached hydrogens (tertiary/aromatic N) is 4. The number of aromatic nitrogens is 3. The summed E-state index contributed by atoms with van der Waals surface area (Å²) in [7, 11) is 0. The minimum Gasteiger partial charge on any atom is -0.357 e. The van der Waals surface area contributed by atoms with E-state index in [4.69, 9.17) is 4.98 Å². The Labute approximate surface area is 130 Å². The van der Waals surface area contributed by atoms with Crippen molar-refractivity contribution >= 4 is 5.91 Å². The van der Waals surface area contributed by atoms with Crippen molar-refractivity contribution in [3.05, 3.63) is 41.7 Å². The molecule has 0 spiro atoms. The van der Waals surface area contributed by atoms with Gasteiger partial charge in [0.05, 0.1) is 12.2 Å². The highest BCUT2D eigenvalue weighted by Crippen LogP contribution is 2.16. The molecule has 118 valence electrons. The first kappa shape index (κ1) is 14.8. The molecule has 0 unspecified atom stereocenters. The monoisotopic (exact) mass is 301 g/mol. The molecule has 1 aliphatic heterocycles. The lowest BCUT2D eigenvalue weighted by molar-refractivity contribution is 0.0702. The lowest BCUT2D eigenvalue weighted by Gasteiger charge is -2.27. The van der Waals surface area contributed by atoms with Crippen LogP contribution in [0.3, 0.4) is 0 Å². The van der Waals surface area contributed by atoms with Gasteiger partial charge in [0.25, 0.3) is 5.91 Å². The van der Waals surface area contributed by atoms with E-state index in [1.54, 1.807) is 6.20 Å². The molecule has 2 aromatic rings. The zero-order valence-corrected chi connectivity index (χ0v) is 13.2. The molecular formula is C16H23N5O. The predicted octanol–water partition coefficient (Wildman–Crippen LogP) is 1.71. The van der Waals surface area contributed by atoms with E-state index in [-0.39, 0.29) is 5.91 Å². The second-order valence-corrected chi connectivity index (χ2v) is 5.61. The van der Waals surface area contributed by atoms with Crippen LogP contribution in [0.1, 0.15) is 35.9 Å². The van der Waals surface area contributed by atoms with Gasteiger partial charge in [-0.1, -0.05) is 13.8 Å². The first-order chi connectivity index (χ1) is 10.7. The normalized spacial score (nSPS) is 14.4. The first-order valence-electron chi connectivity index (χ1n) is 7.91. The van der Waals surface area contributed by atoms with Crippen molar-refractivity contribution in [1.82, 2.24) is 24.3 Å². The van der Waals surface area contributed by atoms with Gasteiger partial charge in [0.2, 0.25) is 0 Å². The van der Waals surface area contributed by atoms with Gasteiger partial charge < -0.3 is 14.5 Å². The Morgan fingerprint density at radius 1 is 1.36 bits per heavy atom. The molecule has 1 aliphatic rings. The van der Waals surface area contributed by atoms with E-state index in [2.05, 4.69) is 34.5 Å². The molecule has 6 heteroatoms. The maximum atomic E-state index is 12.4. The third-order valence-corrected chi connectivity index (χ3v) is 4.25. The van der Waals surface area contributed by atoms with E-state index in [1.165, 1.54) is 0 Å². The summed E-state index contributed by atoms with van der Waals surface area (Å²) in [6.07, 6.45) is 3.91. The van der Waals surface area contributed by atoms with Gasteiger partial charge in [-0.15, -0.1) is 0 Å². The van der Waals surface area contributed by atoms with Crippen LogP contribution >= 0.6 is 0 Å². The lowest BCUT2D eigenvalue weighted by atomic mass is 10.3. The summed E-state index contributed by atoms with van der Waals surface area (Å²) in [6, 6.07) is 3.66. The number of H-pyrrole nitrogens is 1. The Morgan fingerprint density at radius 3 is 2.86 bits per heavy atom. The number of hydrogen-bond donors (Lipinski definition) is 1. The Hall–Kier alpha value is -2.08. The number of carbonyl (C=O) groups is 1. The molecule has 1 N–H and O–H groups in total. The van der Waals surface area contributed by atoms with Gasteiger partial charge >= 0.3 is 0 Å². The molecule has 0 saturated carbocycles. The minimum absolute atomic E-state index is 0.0459. The zero-order valence-electron chi connectivity index (χ0n) is 13.2. The highest BCUT2D eigenvalue weighted by atomic mass is 16.2. The number of imidazole rings is 1. The van der Waals surface area contributed by atoms with Crippen molar-refractivity contribution in [3.8, 4) is 0 Å². The molecule has 0 aliphatic carbocycles. The van der Waals surface area contributed by atoms with Crippen molar-refractivity contribution in [3.63, 3.8) is 0 Å². The van der Waals surface area contributed by atoms with E-state index in [1.807, 2.05) is 17.0 Å².